The number of carbonyl (C=O) groups is 2. The zero-order chi connectivity index (χ0) is 19.9. The lowest BCUT2D eigenvalue weighted by molar-refractivity contribution is -0.136. The number of carbonyl (C=O) groups excluding carboxylic acids is 1. The van der Waals surface area contributed by atoms with Crippen LogP contribution in [0.15, 0.2) is 48.5 Å². The number of para-hydroxylation sites is 1. The van der Waals surface area contributed by atoms with Crippen LogP contribution in [0.3, 0.4) is 0 Å². The SMILES string of the molecule is O=C(O)Cc1ccccc1OCC(=O)C1CN(Cc2ccc(Cl)cc2)CCN1. The van der Waals surface area contributed by atoms with Gasteiger partial charge in [0.25, 0.3) is 0 Å². The molecule has 0 amide bonds. The molecule has 148 valence electrons. The van der Waals surface area contributed by atoms with Gasteiger partial charge >= 0.3 is 5.97 Å². The molecule has 7 heteroatoms. The van der Waals surface area contributed by atoms with Crippen molar-refractivity contribution in [3.8, 4) is 5.75 Å². The zero-order valence-electron chi connectivity index (χ0n) is 15.4. The van der Waals surface area contributed by atoms with Gasteiger partial charge in [-0.15, -0.1) is 0 Å². The highest BCUT2D eigenvalue weighted by atomic mass is 35.5. The summed E-state index contributed by atoms with van der Waals surface area (Å²) in [7, 11) is 0. The van der Waals surface area contributed by atoms with Gasteiger partial charge in [0.2, 0.25) is 0 Å². The van der Waals surface area contributed by atoms with Gasteiger partial charge in [-0.2, -0.15) is 0 Å². The minimum absolute atomic E-state index is 0.0501. The van der Waals surface area contributed by atoms with Gasteiger partial charge in [-0.1, -0.05) is 41.9 Å². The Morgan fingerprint density at radius 1 is 1.18 bits per heavy atom. The molecule has 2 aromatic carbocycles. The number of ether oxygens (including phenoxy) is 1. The van der Waals surface area contributed by atoms with E-state index in [0.717, 1.165) is 25.2 Å². The van der Waals surface area contributed by atoms with Gasteiger partial charge in [-0.05, 0) is 23.8 Å². The van der Waals surface area contributed by atoms with Crippen LogP contribution in [0.5, 0.6) is 5.75 Å². The summed E-state index contributed by atoms with van der Waals surface area (Å²) in [5.41, 5.74) is 1.71. The largest absolute Gasteiger partial charge is 0.485 e. The highest BCUT2D eigenvalue weighted by Crippen LogP contribution is 2.19. The molecule has 0 aliphatic carbocycles. The molecule has 0 radical (unpaired) electrons. The number of nitrogens with zero attached hydrogens (tertiary/aromatic N) is 1. The van der Waals surface area contributed by atoms with Gasteiger partial charge in [-0.3, -0.25) is 14.5 Å². The highest BCUT2D eigenvalue weighted by Gasteiger charge is 2.25. The third-order valence-corrected chi connectivity index (χ3v) is 4.90. The standard InChI is InChI=1S/C21H23ClN2O4/c22-17-7-5-15(6-8-17)12-24-10-9-23-18(13-24)19(25)14-28-20-4-2-1-3-16(20)11-21(26)27/h1-8,18,23H,9-14H2,(H,26,27). The van der Waals surface area contributed by atoms with Crippen molar-refractivity contribution >= 4 is 23.4 Å². The Balaban J connectivity index is 1.54. The van der Waals surface area contributed by atoms with E-state index in [1.165, 1.54) is 0 Å². The van der Waals surface area contributed by atoms with Crippen LogP contribution in [-0.2, 0) is 22.6 Å². The summed E-state index contributed by atoms with van der Waals surface area (Å²) < 4.78 is 5.63. The first-order chi connectivity index (χ1) is 13.5. The topological polar surface area (TPSA) is 78.9 Å². The third kappa shape index (κ3) is 5.79. The van der Waals surface area contributed by atoms with E-state index in [4.69, 9.17) is 21.4 Å². The zero-order valence-corrected chi connectivity index (χ0v) is 16.2. The number of hydrogen-bond donors (Lipinski definition) is 2. The Kier molecular flexibility index (Phi) is 7.03. The number of aliphatic carboxylic acids is 1. The normalized spacial score (nSPS) is 17.2. The van der Waals surface area contributed by atoms with Gasteiger partial charge in [-0.25, -0.2) is 0 Å². The Morgan fingerprint density at radius 3 is 2.68 bits per heavy atom. The number of nitrogens with one attached hydrogen (secondary N) is 1. The fourth-order valence-electron chi connectivity index (χ4n) is 3.22. The molecule has 1 aliphatic rings. The Morgan fingerprint density at radius 2 is 1.93 bits per heavy atom. The molecule has 1 unspecified atom stereocenters. The lowest BCUT2D eigenvalue weighted by Gasteiger charge is -2.33. The minimum atomic E-state index is -0.936. The molecule has 1 fully saturated rings. The fourth-order valence-corrected chi connectivity index (χ4v) is 3.35. The van der Waals surface area contributed by atoms with Crippen LogP contribution in [0.25, 0.3) is 0 Å². The smallest absolute Gasteiger partial charge is 0.307 e. The number of hydrogen-bond acceptors (Lipinski definition) is 5. The van der Waals surface area contributed by atoms with Crippen LogP contribution in [0, 0.1) is 0 Å². The first-order valence-corrected chi connectivity index (χ1v) is 9.54. The van der Waals surface area contributed by atoms with Crippen molar-refractivity contribution in [2.45, 2.75) is 19.0 Å². The van der Waals surface area contributed by atoms with Crippen molar-refractivity contribution in [3.05, 3.63) is 64.7 Å². The van der Waals surface area contributed by atoms with Crippen molar-refractivity contribution in [2.75, 3.05) is 26.2 Å². The van der Waals surface area contributed by atoms with E-state index >= 15 is 0 Å². The van der Waals surface area contributed by atoms with Gasteiger partial charge in [0, 0.05) is 36.8 Å². The maximum atomic E-state index is 12.6. The van der Waals surface area contributed by atoms with Gasteiger partial charge in [0.15, 0.2) is 5.78 Å². The van der Waals surface area contributed by atoms with Crippen molar-refractivity contribution in [1.29, 1.82) is 0 Å². The molecule has 0 saturated carbocycles. The Hall–Kier alpha value is -2.41. The van der Waals surface area contributed by atoms with Gasteiger partial charge < -0.3 is 15.2 Å². The average Bonchev–Trinajstić information content (AvgIpc) is 2.69. The molecule has 1 saturated heterocycles. The molecular formula is C21H23ClN2O4. The number of halogens is 1. The predicted octanol–water partition coefficient (Wildman–Crippen LogP) is 2.39. The second-order valence-corrected chi connectivity index (χ2v) is 7.24. The summed E-state index contributed by atoms with van der Waals surface area (Å²) in [6, 6.07) is 14.3. The first kappa shape index (κ1) is 20.3. The molecule has 1 atom stereocenters. The molecule has 1 heterocycles. The first-order valence-electron chi connectivity index (χ1n) is 9.16. The quantitative estimate of drug-likeness (QED) is 0.705. The van der Waals surface area contributed by atoms with E-state index in [2.05, 4.69) is 10.2 Å². The fraction of sp³-hybridized carbons (Fsp3) is 0.333. The van der Waals surface area contributed by atoms with E-state index in [1.54, 1.807) is 24.3 Å². The van der Waals surface area contributed by atoms with E-state index in [9.17, 15) is 9.59 Å². The lowest BCUT2D eigenvalue weighted by Crippen LogP contribution is -2.54. The summed E-state index contributed by atoms with van der Waals surface area (Å²) in [6.45, 7) is 2.84. The van der Waals surface area contributed by atoms with Crippen LogP contribution in [0.1, 0.15) is 11.1 Å². The second-order valence-electron chi connectivity index (χ2n) is 6.80. The molecule has 0 spiro atoms. The summed E-state index contributed by atoms with van der Waals surface area (Å²) in [5, 5.41) is 12.9. The molecule has 6 nitrogen and oxygen atoms in total. The van der Waals surface area contributed by atoms with Crippen LogP contribution >= 0.6 is 11.6 Å². The molecule has 2 aromatic rings. The van der Waals surface area contributed by atoms with Gasteiger partial charge in [0.05, 0.1) is 12.5 Å². The van der Waals surface area contributed by atoms with Gasteiger partial charge in [0.1, 0.15) is 12.4 Å². The highest BCUT2D eigenvalue weighted by molar-refractivity contribution is 6.30. The monoisotopic (exact) mass is 402 g/mol. The van der Waals surface area contributed by atoms with E-state index in [0.29, 0.717) is 22.9 Å². The summed E-state index contributed by atoms with van der Waals surface area (Å²) in [4.78, 5) is 25.8. The van der Waals surface area contributed by atoms with Crippen LogP contribution < -0.4 is 10.1 Å². The van der Waals surface area contributed by atoms with Crippen molar-refractivity contribution in [1.82, 2.24) is 10.2 Å². The molecule has 1 aliphatic heterocycles. The number of piperazine rings is 1. The van der Waals surface area contributed by atoms with E-state index in [-0.39, 0.29) is 24.9 Å². The summed E-state index contributed by atoms with van der Waals surface area (Å²) >= 11 is 5.93. The lowest BCUT2D eigenvalue weighted by atomic mass is 10.1. The van der Waals surface area contributed by atoms with Crippen molar-refractivity contribution in [2.24, 2.45) is 0 Å². The van der Waals surface area contributed by atoms with E-state index < -0.39 is 5.97 Å². The average molecular weight is 403 g/mol. The molecular weight excluding hydrogens is 380 g/mol. The third-order valence-electron chi connectivity index (χ3n) is 4.65. The predicted molar refractivity (Wildman–Crippen MR) is 107 cm³/mol. The second kappa shape index (κ2) is 9.68. The molecule has 3 rings (SSSR count). The van der Waals surface area contributed by atoms with E-state index in [1.807, 2.05) is 24.3 Å². The summed E-state index contributed by atoms with van der Waals surface area (Å²) in [5.74, 6) is -0.549. The van der Waals surface area contributed by atoms with Crippen LogP contribution in [0.4, 0.5) is 0 Å². The minimum Gasteiger partial charge on any atom is -0.485 e. The molecule has 0 aromatic heterocycles. The van der Waals surface area contributed by atoms with Crippen LogP contribution in [0.2, 0.25) is 5.02 Å². The number of rotatable bonds is 8. The Labute approximate surface area is 169 Å². The molecule has 2 N–H and O–H groups in total. The molecule has 28 heavy (non-hydrogen) atoms. The summed E-state index contributed by atoms with van der Waals surface area (Å²) in [6.07, 6.45) is -0.138. The maximum Gasteiger partial charge on any atom is 0.307 e. The number of benzene rings is 2. The number of carboxylic acid groups (broad SMARTS) is 1. The maximum absolute atomic E-state index is 12.6. The van der Waals surface area contributed by atoms with Crippen molar-refractivity contribution in [3.63, 3.8) is 0 Å². The van der Waals surface area contributed by atoms with Crippen LogP contribution in [-0.4, -0.2) is 54.0 Å². The number of ketones is 1. The van der Waals surface area contributed by atoms with Crippen molar-refractivity contribution < 1.29 is 19.4 Å². The molecule has 0 bridgehead atoms. The number of carboxylic acids is 1. The number of Topliss-reactive ketones (excluding diaryl/α,β-unsaturated/α-hetero) is 1. The Bertz CT molecular complexity index is 825.